The van der Waals surface area contributed by atoms with Crippen LogP contribution in [0.5, 0.6) is 0 Å². The van der Waals surface area contributed by atoms with E-state index in [1.807, 2.05) is 0 Å². The van der Waals surface area contributed by atoms with Crippen molar-refractivity contribution < 1.29 is 18.0 Å². The Morgan fingerprint density at radius 2 is 1.47 bits per heavy atom. The van der Waals surface area contributed by atoms with Crippen LogP contribution in [0.4, 0.5) is 5.69 Å². The summed E-state index contributed by atoms with van der Waals surface area (Å²) in [6, 6.07) is 22.4. The summed E-state index contributed by atoms with van der Waals surface area (Å²) in [6.07, 6.45) is 0. The van der Waals surface area contributed by atoms with Gasteiger partial charge in [0.15, 0.2) is 0 Å². The zero-order valence-corrected chi connectivity index (χ0v) is 20.5. The number of rotatable bonds is 9. The van der Waals surface area contributed by atoms with Crippen molar-refractivity contribution in [3.05, 3.63) is 95.5 Å². The second-order valence-corrected chi connectivity index (χ2v) is 9.90. The summed E-state index contributed by atoms with van der Waals surface area (Å²) in [6.45, 7) is 1.24. The summed E-state index contributed by atoms with van der Waals surface area (Å²) in [5.74, 6) is -0.881. The Morgan fingerprint density at radius 3 is 2.03 bits per heavy atom. The van der Waals surface area contributed by atoms with Gasteiger partial charge in [-0.1, -0.05) is 60.1 Å². The zero-order valence-electron chi connectivity index (χ0n) is 18.9. The van der Waals surface area contributed by atoms with Crippen LogP contribution in [0.2, 0.25) is 5.02 Å². The van der Waals surface area contributed by atoms with Gasteiger partial charge in [0.25, 0.3) is 10.0 Å². The summed E-state index contributed by atoms with van der Waals surface area (Å²) in [5, 5.41) is 3.10. The minimum atomic E-state index is -4.04. The molecule has 0 aliphatic carbocycles. The normalized spacial score (nSPS) is 12.0. The summed E-state index contributed by atoms with van der Waals surface area (Å²) in [4.78, 5) is 27.4. The minimum absolute atomic E-state index is 0.0651. The van der Waals surface area contributed by atoms with Crippen molar-refractivity contribution in [1.29, 1.82) is 0 Å². The first kappa shape index (κ1) is 25.3. The van der Waals surface area contributed by atoms with Gasteiger partial charge in [-0.2, -0.15) is 0 Å². The monoisotopic (exact) mass is 499 g/mol. The highest BCUT2D eigenvalue weighted by molar-refractivity contribution is 7.92. The number of benzene rings is 3. The molecule has 0 fully saturated rings. The largest absolute Gasteiger partial charge is 0.357 e. The molecular weight excluding hydrogens is 474 g/mol. The van der Waals surface area contributed by atoms with Crippen molar-refractivity contribution in [3.8, 4) is 0 Å². The number of nitrogens with zero attached hydrogens (tertiary/aromatic N) is 2. The van der Waals surface area contributed by atoms with Crippen LogP contribution in [0.15, 0.2) is 89.8 Å². The maximum Gasteiger partial charge on any atom is 0.264 e. The Morgan fingerprint density at radius 1 is 0.912 bits per heavy atom. The summed E-state index contributed by atoms with van der Waals surface area (Å²) in [5.41, 5.74) is 1.10. The molecule has 0 aromatic heterocycles. The van der Waals surface area contributed by atoms with Crippen LogP contribution in [0.25, 0.3) is 0 Å². The van der Waals surface area contributed by atoms with E-state index in [0.717, 1.165) is 9.87 Å². The average Bonchev–Trinajstić information content (AvgIpc) is 2.86. The van der Waals surface area contributed by atoms with E-state index in [1.165, 1.54) is 24.1 Å². The van der Waals surface area contributed by atoms with Crippen molar-refractivity contribution in [2.75, 3.05) is 17.9 Å². The van der Waals surface area contributed by atoms with E-state index in [0.29, 0.717) is 10.7 Å². The van der Waals surface area contributed by atoms with E-state index in [1.54, 1.807) is 79.7 Å². The smallest absolute Gasteiger partial charge is 0.264 e. The topological polar surface area (TPSA) is 86.8 Å². The molecule has 0 saturated carbocycles. The Hall–Kier alpha value is -3.36. The lowest BCUT2D eigenvalue weighted by molar-refractivity contribution is -0.139. The molecule has 0 saturated heterocycles. The molecule has 178 valence electrons. The van der Waals surface area contributed by atoms with Crippen LogP contribution in [-0.2, 0) is 26.2 Å². The Balaban J connectivity index is 1.98. The molecule has 7 nitrogen and oxygen atoms in total. The number of amides is 2. The van der Waals surface area contributed by atoms with Crippen LogP contribution >= 0.6 is 11.6 Å². The van der Waals surface area contributed by atoms with Crippen molar-refractivity contribution in [3.63, 3.8) is 0 Å². The number of hydrogen-bond acceptors (Lipinski definition) is 4. The average molecular weight is 500 g/mol. The fourth-order valence-electron chi connectivity index (χ4n) is 3.42. The molecule has 0 heterocycles. The minimum Gasteiger partial charge on any atom is -0.357 e. The third kappa shape index (κ3) is 5.95. The lowest BCUT2D eigenvalue weighted by Crippen LogP contribution is -2.50. The quantitative estimate of drug-likeness (QED) is 0.486. The van der Waals surface area contributed by atoms with Crippen LogP contribution in [-0.4, -0.2) is 44.8 Å². The molecule has 0 bridgehead atoms. The first-order valence-corrected chi connectivity index (χ1v) is 12.4. The highest BCUT2D eigenvalue weighted by Gasteiger charge is 2.32. The Kier molecular flexibility index (Phi) is 8.31. The van der Waals surface area contributed by atoms with Crippen LogP contribution < -0.4 is 9.62 Å². The molecule has 3 rings (SSSR count). The standard InChI is InChI=1S/C25H26ClN3O4S/c1-19(25(31)27-2)28(17-20-13-15-21(26)16-14-20)24(30)18-29(22-9-5-3-6-10-22)34(32,33)23-11-7-4-8-12-23/h3-16,19H,17-18H2,1-2H3,(H,27,31). The van der Waals surface area contributed by atoms with Gasteiger partial charge in [0.1, 0.15) is 12.6 Å². The maximum atomic E-state index is 13.6. The van der Waals surface area contributed by atoms with Gasteiger partial charge in [-0.25, -0.2) is 8.42 Å². The molecule has 34 heavy (non-hydrogen) atoms. The van der Waals surface area contributed by atoms with Crippen LogP contribution in [0.1, 0.15) is 12.5 Å². The fraction of sp³-hybridized carbons (Fsp3) is 0.200. The summed E-state index contributed by atoms with van der Waals surface area (Å²) < 4.78 is 28.1. The van der Waals surface area contributed by atoms with Crippen LogP contribution in [0.3, 0.4) is 0 Å². The molecule has 1 atom stereocenters. The molecule has 9 heteroatoms. The summed E-state index contributed by atoms with van der Waals surface area (Å²) in [7, 11) is -2.56. The van der Waals surface area contributed by atoms with Gasteiger partial charge < -0.3 is 10.2 Å². The highest BCUT2D eigenvalue weighted by atomic mass is 35.5. The Bertz CT molecular complexity index is 1220. The van der Waals surface area contributed by atoms with Gasteiger partial charge in [0.2, 0.25) is 11.8 Å². The second-order valence-electron chi connectivity index (χ2n) is 7.60. The molecule has 0 spiro atoms. The molecule has 2 amide bonds. The lowest BCUT2D eigenvalue weighted by Gasteiger charge is -2.31. The molecule has 1 unspecified atom stereocenters. The molecule has 0 aliphatic rings. The molecule has 0 aliphatic heterocycles. The number of carbonyl (C=O) groups is 2. The highest BCUT2D eigenvalue weighted by Crippen LogP contribution is 2.24. The van der Waals surface area contributed by atoms with Crippen molar-refractivity contribution in [2.24, 2.45) is 0 Å². The zero-order chi connectivity index (χ0) is 24.7. The number of carbonyl (C=O) groups excluding carboxylic acids is 2. The SMILES string of the molecule is CNC(=O)C(C)N(Cc1ccc(Cl)cc1)C(=O)CN(c1ccccc1)S(=O)(=O)c1ccccc1. The first-order chi connectivity index (χ1) is 16.2. The van der Waals surface area contributed by atoms with E-state index in [2.05, 4.69) is 5.32 Å². The van der Waals surface area contributed by atoms with Gasteiger partial charge in [0, 0.05) is 18.6 Å². The van der Waals surface area contributed by atoms with Gasteiger partial charge in [-0.3, -0.25) is 13.9 Å². The second kappa shape index (κ2) is 11.2. The predicted octanol–water partition coefficient (Wildman–Crippen LogP) is 3.70. The maximum absolute atomic E-state index is 13.6. The van der Waals surface area contributed by atoms with Crippen molar-refractivity contribution in [2.45, 2.75) is 24.4 Å². The third-order valence-electron chi connectivity index (χ3n) is 5.33. The number of nitrogens with one attached hydrogen (secondary N) is 1. The number of para-hydroxylation sites is 1. The lowest BCUT2D eigenvalue weighted by atomic mass is 10.1. The molecule has 3 aromatic carbocycles. The van der Waals surface area contributed by atoms with E-state index in [9.17, 15) is 18.0 Å². The number of sulfonamides is 1. The fourth-order valence-corrected chi connectivity index (χ4v) is 4.98. The predicted molar refractivity (Wildman–Crippen MR) is 133 cm³/mol. The number of likely N-dealkylation sites (N-methyl/N-ethyl adjacent to an activating group) is 1. The van der Waals surface area contributed by atoms with Crippen molar-refractivity contribution in [1.82, 2.24) is 10.2 Å². The molecule has 1 N–H and O–H groups in total. The van der Waals surface area contributed by atoms with E-state index in [-0.39, 0.29) is 17.3 Å². The van der Waals surface area contributed by atoms with Crippen molar-refractivity contribution >= 4 is 39.1 Å². The summed E-state index contributed by atoms with van der Waals surface area (Å²) >= 11 is 5.97. The van der Waals surface area contributed by atoms with Gasteiger partial charge in [-0.05, 0) is 48.9 Å². The van der Waals surface area contributed by atoms with Gasteiger partial charge in [0.05, 0.1) is 10.6 Å². The first-order valence-electron chi connectivity index (χ1n) is 10.6. The molecule has 0 radical (unpaired) electrons. The van der Waals surface area contributed by atoms with Gasteiger partial charge in [-0.15, -0.1) is 0 Å². The van der Waals surface area contributed by atoms with E-state index >= 15 is 0 Å². The molecular formula is C25H26ClN3O4S. The van der Waals surface area contributed by atoms with Crippen LogP contribution in [0, 0.1) is 0 Å². The number of halogens is 1. The van der Waals surface area contributed by atoms with Gasteiger partial charge >= 0.3 is 0 Å². The Labute approximate surface area is 205 Å². The third-order valence-corrected chi connectivity index (χ3v) is 7.37. The molecule has 3 aromatic rings. The number of hydrogen-bond donors (Lipinski definition) is 1. The van der Waals surface area contributed by atoms with E-state index < -0.39 is 28.5 Å². The van der Waals surface area contributed by atoms with E-state index in [4.69, 9.17) is 11.6 Å². The number of anilines is 1.